The number of primary amides is 1. The SMILES string of the molecule is Cc1cc(N)cc(C(=O)N2CCC(C(N)=O)CC2)c1. The van der Waals surface area contributed by atoms with Crippen LogP contribution < -0.4 is 11.5 Å². The lowest BCUT2D eigenvalue weighted by Crippen LogP contribution is -2.41. The Morgan fingerprint density at radius 3 is 2.37 bits per heavy atom. The van der Waals surface area contributed by atoms with Gasteiger partial charge in [0.1, 0.15) is 0 Å². The summed E-state index contributed by atoms with van der Waals surface area (Å²) in [6.07, 6.45) is 1.28. The van der Waals surface area contributed by atoms with E-state index >= 15 is 0 Å². The molecule has 5 heteroatoms. The van der Waals surface area contributed by atoms with Gasteiger partial charge in [-0.25, -0.2) is 0 Å². The van der Waals surface area contributed by atoms with E-state index < -0.39 is 0 Å². The molecule has 0 bridgehead atoms. The van der Waals surface area contributed by atoms with Crippen LogP contribution in [0.25, 0.3) is 0 Å². The molecule has 1 aromatic carbocycles. The molecule has 0 aliphatic carbocycles. The number of hydrogen-bond acceptors (Lipinski definition) is 3. The molecule has 19 heavy (non-hydrogen) atoms. The third kappa shape index (κ3) is 3.05. The van der Waals surface area contributed by atoms with Crippen LogP contribution in [0.4, 0.5) is 5.69 Å². The standard InChI is InChI=1S/C14H19N3O2/c1-9-6-11(8-12(15)7-9)14(19)17-4-2-10(3-5-17)13(16)18/h6-8,10H,2-5,15H2,1H3,(H2,16,18). The summed E-state index contributed by atoms with van der Waals surface area (Å²) in [6, 6.07) is 5.35. The fraction of sp³-hybridized carbons (Fsp3) is 0.429. The van der Waals surface area contributed by atoms with E-state index in [-0.39, 0.29) is 17.7 Å². The Morgan fingerprint density at radius 1 is 1.21 bits per heavy atom. The number of nitrogens with two attached hydrogens (primary N) is 2. The molecule has 0 saturated carbocycles. The number of amides is 2. The van der Waals surface area contributed by atoms with E-state index in [9.17, 15) is 9.59 Å². The molecule has 4 N–H and O–H groups in total. The number of nitrogens with zero attached hydrogens (tertiary/aromatic N) is 1. The van der Waals surface area contributed by atoms with Crippen molar-refractivity contribution in [2.24, 2.45) is 11.7 Å². The molecule has 0 aromatic heterocycles. The summed E-state index contributed by atoms with van der Waals surface area (Å²) >= 11 is 0. The third-order valence-corrected chi connectivity index (χ3v) is 3.53. The molecule has 1 saturated heterocycles. The van der Waals surface area contributed by atoms with Crippen LogP contribution in [-0.4, -0.2) is 29.8 Å². The molecule has 0 unspecified atom stereocenters. The molecule has 2 amide bonds. The lowest BCUT2D eigenvalue weighted by Gasteiger charge is -2.30. The van der Waals surface area contributed by atoms with Gasteiger partial charge in [-0.3, -0.25) is 9.59 Å². The number of rotatable bonds is 2. The second-order valence-corrected chi connectivity index (χ2v) is 5.10. The zero-order valence-electron chi connectivity index (χ0n) is 11.1. The van der Waals surface area contributed by atoms with Crippen LogP contribution >= 0.6 is 0 Å². The number of likely N-dealkylation sites (tertiary alicyclic amines) is 1. The van der Waals surface area contributed by atoms with E-state index in [4.69, 9.17) is 11.5 Å². The molecule has 0 atom stereocenters. The van der Waals surface area contributed by atoms with Gasteiger partial charge in [-0.1, -0.05) is 0 Å². The lowest BCUT2D eigenvalue weighted by molar-refractivity contribution is -0.123. The first-order chi connectivity index (χ1) is 8.97. The average Bonchev–Trinajstić information content (AvgIpc) is 2.37. The molecule has 0 spiro atoms. The van der Waals surface area contributed by atoms with E-state index in [2.05, 4.69) is 0 Å². The first-order valence-corrected chi connectivity index (χ1v) is 6.43. The second-order valence-electron chi connectivity index (χ2n) is 5.10. The van der Waals surface area contributed by atoms with Gasteiger partial charge < -0.3 is 16.4 Å². The van der Waals surface area contributed by atoms with Crippen molar-refractivity contribution < 1.29 is 9.59 Å². The maximum absolute atomic E-state index is 12.3. The molecule has 1 heterocycles. The molecule has 0 radical (unpaired) electrons. The first kappa shape index (κ1) is 13.4. The average molecular weight is 261 g/mol. The van der Waals surface area contributed by atoms with Crippen LogP contribution in [0.1, 0.15) is 28.8 Å². The highest BCUT2D eigenvalue weighted by Gasteiger charge is 2.26. The highest BCUT2D eigenvalue weighted by molar-refractivity contribution is 5.95. The minimum Gasteiger partial charge on any atom is -0.399 e. The summed E-state index contributed by atoms with van der Waals surface area (Å²) < 4.78 is 0. The molecular weight excluding hydrogens is 242 g/mol. The number of hydrogen-bond donors (Lipinski definition) is 2. The van der Waals surface area contributed by atoms with Crippen molar-refractivity contribution >= 4 is 17.5 Å². The quantitative estimate of drug-likeness (QED) is 0.775. The summed E-state index contributed by atoms with van der Waals surface area (Å²) in [4.78, 5) is 25.2. The Labute approximate surface area is 112 Å². The molecule has 1 aromatic rings. The molecule has 5 nitrogen and oxygen atoms in total. The Hall–Kier alpha value is -2.04. The summed E-state index contributed by atoms with van der Waals surface area (Å²) in [6.45, 7) is 3.05. The number of piperidine rings is 1. The van der Waals surface area contributed by atoms with Gasteiger partial charge >= 0.3 is 0 Å². The van der Waals surface area contributed by atoms with Crippen LogP contribution in [0, 0.1) is 12.8 Å². The zero-order chi connectivity index (χ0) is 14.0. The van der Waals surface area contributed by atoms with Gasteiger partial charge in [0.15, 0.2) is 0 Å². The predicted molar refractivity (Wildman–Crippen MR) is 73.4 cm³/mol. The van der Waals surface area contributed by atoms with Gasteiger partial charge in [0, 0.05) is 30.3 Å². The number of anilines is 1. The summed E-state index contributed by atoms with van der Waals surface area (Å²) in [5, 5.41) is 0. The Bertz CT molecular complexity index is 485. The lowest BCUT2D eigenvalue weighted by atomic mass is 9.95. The summed E-state index contributed by atoms with van der Waals surface area (Å²) in [7, 11) is 0. The fourth-order valence-electron chi connectivity index (χ4n) is 2.49. The topological polar surface area (TPSA) is 89.4 Å². The van der Waals surface area contributed by atoms with Crippen molar-refractivity contribution in [3.8, 4) is 0 Å². The van der Waals surface area contributed by atoms with Gasteiger partial charge in [0.25, 0.3) is 5.91 Å². The van der Waals surface area contributed by atoms with Crippen LogP contribution in [0.15, 0.2) is 18.2 Å². The van der Waals surface area contributed by atoms with Crippen LogP contribution in [0.5, 0.6) is 0 Å². The van der Waals surface area contributed by atoms with E-state index in [1.54, 1.807) is 11.0 Å². The van der Waals surface area contributed by atoms with Gasteiger partial charge in [0.2, 0.25) is 5.91 Å². The fourth-order valence-corrected chi connectivity index (χ4v) is 2.49. The minimum atomic E-state index is -0.271. The van der Waals surface area contributed by atoms with Gasteiger partial charge in [0.05, 0.1) is 0 Å². The monoisotopic (exact) mass is 261 g/mol. The van der Waals surface area contributed by atoms with E-state index in [0.29, 0.717) is 37.2 Å². The van der Waals surface area contributed by atoms with Crippen LogP contribution in [-0.2, 0) is 4.79 Å². The maximum atomic E-state index is 12.3. The van der Waals surface area contributed by atoms with E-state index in [0.717, 1.165) is 5.56 Å². The molecule has 1 aliphatic rings. The number of carbonyl (C=O) groups excluding carboxylic acids is 2. The van der Waals surface area contributed by atoms with Gasteiger partial charge in [-0.05, 0) is 43.5 Å². The van der Waals surface area contributed by atoms with Gasteiger partial charge in [-0.15, -0.1) is 0 Å². The number of aryl methyl sites for hydroxylation is 1. The molecule has 1 aliphatic heterocycles. The largest absolute Gasteiger partial charge is 0.399 e. The highest BCUT2D eigenvalue weighted by atomic mass is 16.2. The highest BCUT2D eigenvalue weighted by Crippen LogP contribution is 2.20. The molecule has 1 fully saturated rings. The maximum Gasteiger partial charge on any atom is 0.253 e. The number of benzene rings is 1. The van der Waals surface area contributed by atoms with Crippen LogP contribution in [0.3, 0.4) is 0 Å². The Kier molecular flexibility index (Phi) is 3.74. The Balaban J connectivity index is 2.07. The smallest absolute Gasteiger partial charge is 0.253 e. The molecule has 102 valence electrons. The molecule has 2 rings (SSSR count). The van der Waals surface area contributed by atoms with Crippen molar-refractivity contribution in [3.63, 3.8) is 0 Å². The normalized spacial score (nSPS) is 16.4. The Morgan fingerprint density at radius 2 is 1.84 bits per heavy atom. The number of nitrogen functional groups attached to an aromatic ring is 1. The van der Waals surface area contributed by atoms with E-state index in [1.165, 1.54) is 0 Å². The number of carbonyl (C=O) groups is 2. The van der Waals surface area contributed by atoms with Crippen molar-refractivity contribution in [2.45, 2.75) is 19.8 Å². The third-order valence-electron chi connectivity index (χ3n) is 3.53. The van der Waals surface area contributed by atoms with Crippen molar-refractivity contribution in [2.75, 3.05) is 18.8 Å². The second kappa shape index (κ2) is 5.30. The van der Waals surface area contributed by atoms with Crippen molar-refractivity contribution in [1.82, 2.24) is 4.90 Å². The minimum absolute atomic E-state index is 0.0293. The van der Waals surface area contributed by atoms with Gasteiger partial charge in [-0.2, -0.15) is 0 Å². The van der Waals surface area contributed by atoms with E-state index in [1.807, 2.05) is 19.1 Å². The summed E-state index contributed by atoms with van der Waals surface area (Å²) in [5.41, 5.74) is 13.2. The van der Waals surface area contributed by atoms with Crippen molar-refractivity contribution in [1.29, 1.82) is 0 Å². The van der Waals surface area contributed by atoms with Crippen molar-refractivity contribution in [3.05, 3.63) is 29.3 Å². The predicted octanol–water partition coefficient (Wildman–Crippen LogP) is 0.915. The summed E-state index contributed by atoms with van der Waals surface area (Å²) in [5.74, 6) is -0.406. The zero-order valence-corrected chi connectivity index (χ0v) is 11.1. The molecular formula is C14H19N3O2. The van der Waals surface area contributed by atoms with Crippen LogP contribution in [0.2, 0.25) is 0 Å². The first-order valence-electron chi connectivity index (χ1n) is 6.43.